The molecule has 0 radical (unpaired) electrons. The number of amides is 2. The monoisotopic (exact) mass is 341 g/mol. The fourth-order valence-electron chi connectivity index (χ4n) is 4.92. The number of anilines is 1. The first kappa shape index (κ1) is 16.6. The minimum atomic E-state index is 0.175. The molecule has 5 nitrogen and oxygen atoms in total. The normalized spacial score (nSPS) is 26.3. The fraction of sp³-hybridized carbons (Fsp3) is 0.600. The maximum absolute atomic E-state index is 12.9. The van der Waals surface area contributed by atoms with Gasteiger partial charge in [0.2, 0.25) is 11.8 Å². The minimum absolute atomic E-state index is 0.175. The van der Waals surface area contributed by atoms with E-state index in [1.54, 1.807) is 6.92 Å². The van der Waals surface area contributed by atoms with Gasteiger partial charge in [0.05, 0.1) is 6.54 Å². The van der Waals surface area contributed by atoms with Crippen molar-refractivity contribution in [3.05, 3.63) is 29.8 Å². The molecule has 0 bridgehead atoms. The molecule has 1 aromatic carbocycles. The van der Waals surface area contributed by atoms with Gasteiger partial charge in [-0.1, -0.05) is 18.2 Å². The molecule has 3 aliphatic rings. The van der Waals surface area contributed by atoms with Crippen molar-refractivity contribution in [2.75, 3.05) is 31.1 Å². The van der Waals surface area contributed by atoms with Crippen molar-refractivity contribution in [1.82, 2.24) is 9.80 Å². The van der Waals surface area contributed by atoms with Gasteiger partial charge in [0, 0.05) is 37.8 Å². The molecule has 134 valence electrons. The van der Waals surface area contributed by atoms with Gasteiger partial charge in [-0.15, -0.1) is 0 Å². The summed E-state index contributed by atoms with van der Waals surface area (Å²) < 4.78 is 0. The predicted molar refractivity (Wildman–Crippen MR) is 97.5 cm³/mol. The van der Waals surface area contributed by atoms with Crippen molar-refractivity contribution in [3.8, 4) is 0 Å². The summed E-state index contributed by atoms with van der Waals surface area (Å²) in [6, 6.07) is 8.85. The Morgan fingerprint density at radius 2 is 1.80 bits per heavy atom. The van der Waals surface area contributed by atoms with Crippen molar-refractivity contribution < 1.29 is 9.59 Å². The van der Waals surface area contributed by atoms with Crippen molar-refractivity contribution >= 4 is 17.5 Å². The third kappa shape index (κ3) is 3.06. The van der Waals surface area contributed by atoms with Gasteiger partial charge in [-0.2, -0.15) is 0 Å². The Bertz CT molecular complexity index is 675. The Morgan fingerprint density at radius 1 is 1.04 bits per heavy atom. The van der Waals surface area contributed by atoms with E-state index in [-0.39, 0.29) is 11.8 Å². The van der Waals surface area contributed by atoms with E-state index in [2.05, 4.69) is 17.0 Å². The molecule has 0 aliphatic carbocycles. The molecular formula is C20H27N3O2. The molecule has 2 saturated heterocycles. The standard InChI is InChI=1S/C20H27N3O2/c1-15(24)22-12-5-9-19(22)18-8-4-11-21(18)14-20(25)23-13-10-16-6-2-3-7-17(16)23/h2-3,6-7,18-19H,4-5,8-14H2,1H3. The molecule has 3 aliphatic heterocycles. The Kier molecular flexibility index (Phi) is 4.50. The van der Waals surface area contributed by atoms with Crippen LogP contribution in [0, 0.1) is 0 Å². The second kappa shape index (κ2) is 6.79. The summed E-state index contributed by atoms with van der Waals surface area (Å²) in [6.07, 6.45) is 5.32. The summed E-state index contributed by atoms with van der Waals surface area (Å²) in [5.74, 6) is 0.373. The molecule has 0 saturated carbocycles. The number of para-hydroxylation sites is 1. The van der Waals surface area contributed by atoms with Crippen LogP contribution in [0.5, 0.6) is 0 Å². The van der Waals surface area contributed by atoms with Crippen molar-refractivity contribution in [3.63, 3.8) is 0 Å². The molecule has 0 aromatic heterocycles. The van der Waals surface area contributed by atoms with E-state index in [0.717, 1.165) is 57.4 Å². The highest BCUT2D eigenvalue weighted by Crippen LogP contribution is 2.31. The van der Waals surface area contributed by atoms with Crippen molar-refractivity contribution in [2.24, 2.45) is 0 Å². The predicted octanol–water partition coefficient (Wildman–Crippen LogP) is 2.05. The molecule has 2 unspecified atom stereocenters. The lowest BCUT2D eigenvalue weighted by Gasteiger charge is -2.35. The third-order valence-corrected chi connectivity index (χ3v) is 6.09. The summed E-state index contributed by atoms with van der Waals surface area (Å²) in [5, 5.41) is 0. The van der Waals surface area contributed by atoms with Crippen LogP contribution in [0.3, 0.4) is 0 Å². The quantitative estimate of drug-likeness (QED) is 0.845. The van der Waals surface area contributed by atoms with Crippen LogP contribution in [0.2, 0.25) is 0 Å². The van der Waals surface area contributed by atoms with E-state index in [0.29, 0.717) is 18.6 Å². The van der Waals surface area contributed by atoms with Gasteiger partial charge in [0.1, 0.15) is 0 Å². The van der Waals surface area contributed by atoms with Crippen LogP contribution >= 0.6 is 0 Å². The summed E-state index contributed by atoms with van der Waals surface area (Å²) in [6.45, 7) is 4.77. The molecule has 3 heterocycles. The van der Waals surface area contributed by atoms with Crippen LogP contribution in [0.4, 0.5) is 5.69 Å². The zero-order valence-electron chi connectivity index (χ0n) is 15.0. The van der Waals surface area contributed by atoms with E-state index in [9.17, 15) is 9.59 Å². The topological polar surface area (TPSA) is 43.9 Å². The molecule has 5 heteroatoms. The number of hydrogen-bond acceptors (Lipinski definition) is 3. The van der Waals surface area contributed by atoms with Gasteiger partial charge in [-0.05, 0) is 50.3 Å². The highest BCUT2D eigenvalue weighted by Gasteiger charge is 2.40. The lowest BCUT2D eigenvalue weighted by Crippen LogP contribution is -2.50. The second-order valence-electron chi connectivity index (χ2n) is 7.53. The average Bonchev–Trinajstić information content (AvgIpc) is 3.33. The first-order valence-corrected chi connectivity index (χ1v) is 9.54. The second-order valence-corrected chi connectivity index (χ2v) is 7.53. The average molecular weight is 341 g/mol. The van der Waals surface area contributed by atoms with Gasteiger partial charge < -0.3 is 9.80 Å². The van der Waals surface area contributed by atoms with E-state index < -0.39 is 0 Å². The first-order chi connectivity index (χ1) is 12.1. The number of fused-ring (bicyclic) bond motifs is 1. The van der Waals surface area contributed by atoms with E-state index in [1.807, 2.05) is 21.9 Å². The summed E-state index contributed by atoms with van der Waals surface area (Å²) >= 11 is 0. The Morgan fingerprint density at radius 3 is 2.64 bits per heavy atom. The van der Waals surface area contributed by atoms with Crippen molar-refractivity contribution in [2.45, 2.75) is 51.1 Å². The molecule has 25 heavy (non-hydrogen) atoms. The van der Waals surface area contributed by atoms with Crippen LogP contribution in [0.1, 0.15) is 38.2 Å². The smallest absolute Gasteiger partial charge is 0.241 e. The number of likely N-dealkylation sites (tertiary alicyclic amines) is 2. The molecule has 1 aromatic rings. The summed E-state index contributed by atoms with van der Waals surface area (Å²) in [5.41, 5.74) is 2.35. The Hall–Kier alpha value is -1.88. The molecule has 0 N–H and O–H groups in total. The van der Waals surface area contributed by atoms with E-state index in [4.69, 9.17) is 0 Å². The first-order valence-electron chi connectivity index (χ1n) is 9.54. The summed E-state index contributed by atoms with van der Waals surface area (Å²) in [7, 11) is 0. The molecule has 2 amide bonds. The lowest BCUT2D eigenvalue weighted by atomic mass is 10.0. The number of hydrogen-bond donors (Lipinski definition) is 0. The maximum atomic E-state index is 12.9. The van der Waals surface area contributed by atoms with Crippen LogP contribution in [0.15, 0.2) is 24.3 Å². The molecule has 2 fully saturated rings. The van der Waals surface area contributed by atoms with Gasteiger partial charge in [0.25, 0.3) is 0 Å². The number of carbonyl (C=O) groups is 2. The Balaban J connectivity index is 1.45. The lowest BCUT2D eigenvalue weighted by molar-refractivity contribution is -0.130. The van der Waals surface area contributed by atoms with E-state index in [1.165, 1.54) is 5.56 Å². The summed E-state index contributed by atoms with van der Waals surface area (Å²) in [4.78, 5) is 31.2. The third-order valence-electron chi connectivity index (χ3n) is 6.09. The molecular weight excluding hydrogens is 314 g/mol. The van der Waals surface area contributed by atoms with Gasteiger partial charge >= 0.3 is 0 Å². The van der Waals surface area contributed by atoms with Gasteiger partial charge in [-0.25, -0.2) is 0 Å². The highest BCUT2D eigenvalue weighted by atomic mass is 16.2. The SMILES string of the molecule is CC(=O)N1CCCC1C1CCCN1CC(=O)N1CCc2ccccc21. The number of benzene rings is 1. The van der Waals surface area contributed by atoms with Gasteiger partial charge in [-0.3, -0.25) is 14.5 Å². The number of nitrogens with zero attached hydrogens (tertiary/aromatic N) is 3. The van der Waals surface area contributed by atoms with Crippen LogP contribution in [-0.4, -0.2) is 59.9 Å². The van der Waals surface area contributed by atoms with Gasteiger partial charge in [0.15, 0.2) is 0 Å². The zero-order valence-corrected chi connectivity index (χ0v) is 15.0. The van der Waals surface area contributed by atoms with Crippen LogP contribution in [0.25, 0.3) is 0 Å². The minimum Gasteiger partial charge on any atom is -0.338 e. The van der Waals surface area contributed by atoms with Crippen molar-refractivity contribution in [1.29, 1.82) is 0 Å². The van der Waals surface area contributed by atoms with Crippen LogP contribution < -0.4 is 4.90 Å². The largest absolute Gasteiger partial charge is 0.338 e. The van der Waals surface area contributed by atoms with Crippen LogP contribution in [-0.2, 0) is 16.0 Å². The number of carbonyl (C=O) groups excluding carboxylic acids is 2. The molecule has 2 atom stereocenters. The number of rotatable bonds is 3. The highest BCUT2D eigenvalue weighted by molar-refractivity contribution is 5.96. The fourth-order valence-corrected chi connectivity index (χ4v) is 4.92. The maximum Gasteiger partial charge on any atom is 0.241 e. The molecule has 0 spiro atoms. The zero-order chi connectivity index (χ0) is 17.4. The Labute approximate surface area is 149 Å². The molecule has 4 rings (SSSR count). The van der Waals surface area contributed by atoms with E-state index >= 15 is 0 Å².